The van der Waals surface area contributed by atoms with Gasteiger partial charge in [-0.25, -0.2) is 0 Å². The first-order chi connectivity index (χ1) is 6.77. The zero-order valence-electron chi connectivity index (χ0n) is 6.83. The van der Waals surface area contributed by atoms with Gasteiger partial charge in [0.15, 0.2) is 11.3 Å². The second kappa shape index (κ2) is 4.17. The lowest BCUT2D eigenvalue weighted by Gasteiger charge is -2.05. The molecule has 0 spiro atoms. The Morgan fingerprint density at radius 1 is 1.29 bits per heavy atom. The molecule has 0 amide bonds. The minimum Gasteiger partial charge on any atom is -0.435 e. The van der Waals surface area contributed by atoms with Gasteiger partial charge in [0, 0.05) is 0 Å². The fraction of sp³-hybridized carbons (Fsp3) is 0. The van der Waals surface area contributed by atoms with Gasteiger partial charge in [-0.15, -0.1) is 11.3 Å². The van der Waals surface area contributed by atoms with Crippen molar-refractivity contribution >= 4 is 34.5 Å². The van der Waals surface area contributed by atoms with Crippen molar-refractivity contribution < 1.29 is 4.74 Å². The molecule has 71 valence electrons. The summed E-state index contributed by atoms with van der Waals surface area (Å²) in [5.41, 5.74) is 2.67. The molecule has 0 saturated heterocycles. The lowest BCUT2D eigenvalue weighted by Crippen LogP contribution is -1.85. The molecule has 1 heterocycles. The van der Waals surface area contributed by atoms with E-state index in [4.69, 9.17) is 27.9 Å². The molecule has 2 nitrogen and oxygen atoms in total. The monoisotopic (exact) mass is 244 g/mol. The number of hydrogen-bond donors (Lipinski definition) is 0. The summed E-state index contributed by atoms with van der Waals surface area (Å²) in [6.45, 7) is 0. The van der Waals surface area contributed by atoms with Crippen molar-refractivity contribution in [1.82, 2.24) is 4.98 Å². The predicted octanol–water partition coefficient (Wildman–Crippen LogP) is 4.04. The van der Waals surface area contributed by atoms with Gasteiger partial charge < -0.3 is 4.74 Å². The smallest absolute Gasteiger partial charge is 0.230 e. The van der Waals surface area contributed by atoms with Gasteiger partial charge in [-0.3, -0.25) is 0 Å². The summed E-state index contributed by atoms with van der Waals surface area (Å²) >= 11 is 13.1. The molecule has 0 aliphatic heterocycles. The van der Waals surface area contributed by atoms with Gasteiger partial charge in [0.25, 0.3) is 0 Å². The van der Waals surface area contributed by atoms with Gasteiger partial charge in [-0.05, 0) is 12.1 Å². The van der Waals surface area contributed by atoms with E-state index in [0.717, 1.165) is 0 Å². The molecule has 0 fully saturated rings. The van der Waals surface area contributed by atoms with E-state index in [1.165, 1.54) is 11.3 Å². The van der Waals surface area contributed by atoms with Gasteiger partial charge in [0.1, 0.15) is 0 Å². The van der Waals surface area contributed by atoms with Crippen LogP contribution in [0.1, 0.15) is 0 Å². The second-order valence-electron chi connectivity index (χ2n) is 2.43. The molecule has 14 heavy (non-hydrogen) atoms. The molecule has 2 aromatic rings. The number of benzene rings is 1. The Bertz CT molecular complexity index is 410. The molecule has 0 aliphatic rings. The molecule has 0 unspecified atom stereocenters. The minimum absolute atomic E-state index is 0.426. The molecule has 1 radical (unpaired) electrons. The van der Waals surface area contributed by atoms with E-state index >= 15 is 0 Å². The van der Waals surface area contributed by atoms with Crippen LogP contribution in [0.2, 0.25) is 10.0 Å². The first kappa shape index (κ1) is 9.77. The van der Waals surface area contributed by atoms with Crippen molar-refractivity contribution in [2.45, 2.75) is 0 Å². The normalized spacial score (nSPS) is 10.1. The van der Waals surface area contributed by atoms with Crippen LogP contribution in [0.15, 0.2) is 23.6 Å². The number of thiazole rings is 1. The number of ether oxygens (including phenoxy) is 1. The number of hydrogen-bond acceptors (Lipinski definition) is 3. The van der Waals surface area contributed by atoms with Gasteiger partial charge >= 0.3 is 0 Å². The predicted molar refractivity (Wildman–Crippen MR) is 57.5 cm³/mol. The molecule has 0 bridgehead atoms. The van der Waals surface area contributed by atoms with Crippen LogP contribution >= 0.6 is 34.5 Å². The molecular weight excluding hydrogens is 241 g/mol. The van der Waals surface area contributed by atoms with Crippen molar-refractivity contribution in [1.29, 1.82) is 0 Å². The average Bonchev–Trinajstić information content (AvgIpc) is 2.64. The highest BCUT2D eigenvalue weighted by Crippen LogP contribution is 2.35. The molecule has 0 atom stereocenters. The van der Waals surface area contributed by atoms with E-state index in [1.54, 1.807) is 23.6 Å². The van der Waals surface area contributed by atoms with E-state index in [-0.39, 0.29) is 0 Å². The summed E-state index contributed by atoms with van der Waals surface area (Å²) in [4.78, 5) is 3.85. The third kappa shape index (κ3) is 2.00. The maximum Gasteiger partial charge on any atom is 0.230 e. The van der Waals surface area contributed by atoms with E-state index in [0.29, 0.717) is 21.7 Å². The fourth-order valence-corrected chi connectivity index (χ4v) is 1.78. The Kier molecular flexibility index (Phi) is 2.91. The summed E-state index contributed by atoms with van der Waals surface area (Å²) in [7, 11) is 0. The van der Waals surface area contributed by atoms with Crippen LogP contribution in [-0.4, -0.2) is 4.98 Å². The molecule has 0 aliphatic carbocycles. The Morgan fingerprint density at radius 3 is 2.57 bits per heavy atom. The highest BCUT2D eigenvalue weighted by atomic mass is 35.5. The summed E-state index contributed by atoms with van der Waals surface area (Å²) < 4.78 is 5.38. The topological polar surface area (TPSA) is 22.1 Å². The largest absolute Gasteiger partial charge is 0.435 e. The average molecular weight is 245 g/mol. The quantitative estimate of drug-likeness (QED) is 0.796. The Hall–Kier alpha value is -0.770. The number of rotatable bonds is 2. The van der Waals surface area contributed by atoms with E-state index in [2.05, 4.69) is 10.5 Å². The lowest BCUT2D eigenvalue weighted by atomic mass is 10.3. The van der Waals surface area contributed by atoms with Gasteiger partial charge in [-0.2, -0.15) is 4.98 Å². The van der Waals surface area contributed by atoms with Crippen molar-refractivity contribution in [3.05, 3.63) is 39.1 Å². The van der Waals surface area contributed by atoms with Gasteiger partial charge in [0.05, 0.1) is 15.4 Å². The Morgan fingerprint density at radius 2 is 2.00 bits per heavy atom. The minimum atomic E-state index is 0.426. The maximum atomic E-state index is 5.90. The van der Waals surface area contributed by atoms with Gasteiger partial charge in [0.2, 0.25) is 5.88 Å². The third-order valence-electron chi connectivity index (χ3n) is 1.49. The molecule has 1 aromatic carbocycles. The number of halogens is 2. The SMILES string of the molecule is Clc1cccc(Cl)c1Oc1cs[c]n1. The molecule has 5 heteroatoms. The Balaban J connectivity index is 2.33. The summed E-state index contributed by atoms with van der Waals surface area (Å²) in [6, 6.07) is 5.17. The second-order valence-corrected chi connectivity index (χ2v) is 3.90. The van der Waals surface area contributed by atoms with Crippen molar-refractivity contribution in [2.75, 3.05) is 0 Å². The highest BCUT2D eigenvalue weighted by molar-refractivity contribution is 7.07. The Labute approximate surface area is 95.1 Å². The number of aromatic nitrogens is 1. The van der Waals surface area contributed by atoms with Crippen LogP contribution in [0.3, 0.4) is 0 Å². The molecule has 0 saturated carbocycles. The third-order valence-corrected chi connectivity index (χ3v) is 2.61. The first-order valence-electron chi connectivity index (χ1n) is 3.71. The van der Waals surface area contributed by atoms with Crippen LogP contribution in [-0.2, 0) is 0 Å². The van der Waals surface area contributed by atoms with E-state index in [1.807, 2.05) is 0 Å². The zero-order chi connectivity index (χ0) is 9.97. The van der Waals surface area contributed by atoms with Gasteiger partial charge in [-0.1, -0.05) is 29.3 Å². The summed E-state index contributed by atoms with van der Waals surface area (Å²) in [6.07, 6.45) is 0. The number of para-hydroxylation sites is 1. The van der Waals surface area contributed by atoms with Crippen LogP contribution in [0.5, 0.6) is 11.6 Å². The van der Waals surface area contributed by atoms with Crippen molar-refractivity contribution in [2.24, 2.45) is 0 Å². The number of nitrogens with zero attached hydrogens (tertiary/aromatic N) is 1. The summed E-state index contributed by atoms with van der Waals surface area (Å²) in [5.74, 6) is 0.875. The van der Waals surface area contributed by atoms with Crippen LogP contribution in [0, 0.1) is 5.51 Å². The standard InChI is InChI=1S/C9H4Cl2NOS/c10-6-2-1-3-7(11)9(6)13-8-4-14-5-12-8/h1-4H. The van der Waals surface area contributed by atoms with Crippen LogP contribution in [0.4, 0.5) is 0 Å². The van der Waals surface area contributed by atoms with Crippen LogP contribution in [0.25, 0.3) is 0 Å². The molecular formula is C9H4Cl2NOS. The lowest BCUT2D eigenvalue weighted by molar-refractivity contribution is 0.467. The van der Waals surface area contributed by atoms with E-state index < -0.39 is 0 Å². The highest BCUT2D eigenvalue weighted by Gasteiger charge is 2.08. The van der Waals surface area contributed by atoms with Crippen molar-refractivity contribution in [3.8, 4) is 11.6 Å². The van der Waals surface area contributed by atoms with Crippen molar-refractivity contribution in [3.63, 3.8) is 0 Å². The molecule has 2 rings (SSSR count). The zero-order valence-corrected chi connectivity index (χ0v) is 9.16. The fourth-order valence-electron chi connectivity index (χ4n) is 0.906. The first-order valence-corrected chi connectivity index (χ1v) is 5.34. The molecule has 0 N–H and O–H groups in total. The van der Waals surface area contributed by atoms with Crippen LogP contribution < -0.4 is 4.74 Å². The summed E-state index contributed by atoms with van der Waals surface area (Å²) in [5, 5.41) is 2.65. The van der Waals surface area contributed by atoms with E-state index in [9.17, 15) is 0 Å². The maximum absolute atomic E-state index is 5.90. The molecule has 1 aromatic heterocycles.